The zero-order chi connectivity index (χ0) is 13.7. The van der Waals surface area contributed by atoms with Crippen molar-refractivity contribution in [3.63, 3.8) is 0 Å². The van der Waals surface area contributed by atoms with Crippen molar-refractivity contribution >= 4 is 5.97 Å². The Labute approximate surface area is 111 Å². The molecule has 0 aliphatic carbocycles. The van der Waals surface area contributed by atoms with Gasteiger partial charge in [-0.2, -0.15) is 0 Å². The van der Waals surface area contributed by atoms with Crippen molar-refractivity contribution in [3.05, 3.63) is 48.3 Å². The fourth-order valence-corrected chi connectivity index (χ4v) is 1.68. The Morgan fingerprint density at radius 3 is 2.58 bits per heavy atom. The zero-order valence-electron chi connectivity index (χ0n) is 10.7. The molecule has 4 heteroatoms. The number of pyridine rings is 1. The Morgan fingerprint density at radius 1 is 1.21 bits per heavy atom. The highest BCUT2D eigenvalue weighted by Crippen LogP contribution is 2.23. The molecule has 0 radical (unpaired) electrons. The summed E-state index contributed by atoms with van der Waals surface area (Å²) in [6.07, 6.45) is 4.34. The van der Waals surface area contributed by atoms with E-state index in [4.69, 9.17) is 9.84 Å². The lowest BCUT2D eigenvalue weighted by atomic mass is 10.1. The van der Waals surface area contributed by atoms with Crippen LogP contribution in [0.15, 0.2) is 42.7 Å². The molecule has 98 valence electrons. The van der Waals surface area contributed by atoms with Crippen molar-refractivity contribution in [2.24, 2.45) is 0 Å². The van der Waals surface area contributed by atoms with Gasteiger partial charge in [-0.25, -0.2) is 4.79 Å². The molecule has 0 bridgehead atoms. The van der Waals surface area contributed by atoms with Crippen LogP contribution in [0.5, 0.6) is 5.75 Å². The van der Waals surface area contributed by atoms with E-state index in [1.807, 2.05) is 13.0 Å². The van der Waals surface area contributed by atoms with Gasteiger partial charge in [-0.15, -0.1) is 0 Å². The quantitative estimate of drug-likeness (QED) is 0.893. The maximum Gasteiger partial charge on any atom is 0.335 e. The molecular formula is C15H15NO3. The molecule has 0 saturated carbocycles. The van der Waals surface area contributed by atoms with E-state index in [9.17, 15) is 4.79 Å². The largest absolute Gasteiger partial charge is 0.492 e. The molecule has 1 aromatic carbocycles. The van der Waals surface area contributed by atoms with E-state index in [1.165, 1.54) is 0 Å². The van der Waals surface area contributed by atoms with E-state index in [-0.39, 0.29) is 5.56 Å². The van der Waals surface area contributed by atoms with Gasteiger partial charge in [0.2, 0.25) is 0 Å². The van der Waals surface area contributed by atoms with Crippen LogP contribution in [0.4, 0.5) is 0 Å². The van der Waals surface area contributed by atoms with Crippen molar-refractivity contribution in [1.82, 2.24) is 4.98 Å². The number of nitrogens with zero attached hydrogens (tertiary/aromatic N) is 1. The van der Waals surface area contributed by atoms with Gasteiger partial charge < -0.3 is 9.84 Å². The lowest BCUT2D eigenvalue weighted by molar-refractivity contribution is 0.0697. The first-order valence-corrected chi connectivity index (χ1v) is 6.12. The van der Waals surface area contributed by atoms with Gasteiger partial charge in [0.1, 0.15) is 5.75 Å². The molecule has 0 aliphatic heterocycles. The summed E-state index contributed by atoms with van der Waals surface area (Å²) in [5.41, 5.74) is 2.10. The maximum atomic E-state index is 10.8. The Kier molecular flexibility index (Phi) is 4.13. The van der Waals surface area contributed by atoms with Crippen molar-refractivity contribution in [3.8, 4) is 16.9 Å². The lowest BCUT2D eigenvalue weighted by Crippen LogP contribution is -1.96. The summed E-state index contributed by atoms with van der Waals surface area (Å²) in [6, 6.07) is 8.60. The summed E-state index contributed by atoms with van der Waals surface area (Å²) in [5, 5.41) is 8.86. The number of carbonyl (C=O) groups is 1. The smallest absolute Gasteiger partial charge is 0.335 e. The Bertz CT molecular complexity index is 564. The number of aromatic nitrogens is 1. The van der Waals surface area contributed by atoms with Crippen LogP contribution in [0.2, 0.25) is 0 Å². The number of rotatable bonds is 5. The molecule has 1 N–H and O–H groups in total. The number of carboxylic acids is 1. The molecule has 1 heterocycles. The van der Waals surface area contributed by atoms with Crippen LogP contribution in [-0.4, -0.2) is 22.7 Å². The van der Waals surface area contributed by atoms with Gasteiger partial charge in [0.15, 0.2) is 0 Å². The zero-order valence-corrected chi connectivity index (χ0v) is 10.7. The van der Waals surface area contributed by atoms with E-state index < -0.39 is 5.97 Å². The average molecular weight is 257 g/mol. The minimum absolute atomic E-state index is 0.273. The highest BCUT2D eigenvalue weighted by molar-refractivity contribution is 5.88. The van der Waals surface area contributed by atoms with E-state index in [1.54, 1.807) is 36.7 Å². The Morgan fingerprint density at radius 2 is 1.95 bits per heavy atom. The van der Waals surface area contributed by atoms with E-state index in [0.717, 1.165) is 23.3 Å². The number of aromatic carboxylic acids is 1. The number of hydrogen-bond acceptors (Lipinski definition) is 3. The van der Waals surface area contributed by atoms with Crippen LogP contribution in [-0.2, 0) is 0 Å². The molecule has 0 unspecified atom stereocenters. The molecule has 19 heavy (non-hydrogen) atoms. The highest BCUT2D eigenvalue weighted by Gasteiger charge is 2.04. The second kappa shape index (κ2) is 6.00. The van der Waals surface area contributed by atoms with Crippen LogP contribution in [0.25, 0.3) is 11.1 Å². The van der Waals surface area contributed by atoms with Gasteiger partial charge >= 0.3 is 5.97 Å². The van der Waals surface area contributed by atoms with E-state index in [0.29, 0.717) is 6.61 Å². The molecule has 0 fully saturated rings. The first-order valence-electron chi connectivity index (χ1n) is 6.12. The molecule has 2 aromatic rings. The fourth-order valence-electron chi connectivity index (χ4n) is 1.68. The second-order valence-electron chi connectivity index (χ2n) is 4.14. The lowest BCUT2D eigenvalue weighted by Gasteiger charge is -2.06. The first kappa shape index (κ1) is 13.1. The van der Waals surface area contributed by atoms with Gasteiger partial charge in [0.05, 0.1) is 18.4 Å². The van der Waals surface area contributed by atoms with Crippen LogP contribution in [0.1, 0.15) is 23.7 Å². The standard InChI is InChI=1S/C15H15NO3/c1-2-7-19-14-8-13(9-16-10-14)11-3-5-12(6-4-11)15(17)18/h3-6,8-10H,2,7H2,1H3,(H,17,18). The van der Waals surface area contributed by atoms with Crippen LogP contribution >= 0.6 is 0 Å². The van der Waals surface area contributed by atoms with Crippen molar-refractivity contribution in [1.29, 1.82) is 0 Å². The minimum atomic E-state index is -0.926. The third-order valence-electron chi connectivity index (χ3n) is 2.65. The number of ether oxygens (including phenoxy) is 1. The molecule has 4 nitrogen and oxygen atoms in total. The number of hydrogen-bond donors (Lipinski definition) is 1. The summed E-state index contributed by atoms with van der Waals surface area (Å²) in [6.45, 7) is 2.70. The summed E-state index contributed by atoms with van der Waals surface area (Å²) in [4.78, 5) is 14.9. The van der Waals surface area contributed by atoms with Crippen molar-refractivity contribution in [2.75, 3.05) is 6.61 Å². The monoisotopic (exact) mass is 257 g/mol. The van der Waals surface area contributed by atoms with Gasteiger partial charge in [0, 0.05) is 11.8 Å². The molecular weight excluding hydrogens is 242 g/mol. The Balaban J connectivity index is 2.23. The predicted octanol–water partition coefficient (Wildman–Crippen LogP) is 3.24. The first-order chi connectivity index (χ1) is 9.20. The molecule has 2 rings (SSSR count). The van der Waals surface area contributed by atoms with Gasteiger partial charge in [-0.05, 0) is 30.2 Å². The third kappa shape index (κ3) is 3.31. The molecule has 0 saturated heterocycles. The maximum absolute atomic E-state index is 10.8. The summed E-state index contributed by atoms with van der Waals surface area (Å²) >= 11 is 0. The summed E-state index contributed by atoms with van der Waals surface area (Å²) < 4.78 is 5.52. The number of benzene rings is 1. The fraction of sp³-hybridized carbons (Fsp3) is 0.200. The molecule has 0 aliphatic rings. The van der Waals surface area contributed by atoms with Gasteiger partial charge in [-0.3, -0.25) is 4.98 Å². The molecule has 0 spiro atoms. The van der Waals surface area contributed by atoms with Gasteiger partial charge in [0.25, 0.3) is 0 Å². The normalized spacial score (nSPS) is 10.2. The van der Waals surface area contributed by atoms with E-state index in [2.05, 4.69) is 4.98 Å². The SMILES string of the molecule is CCCOc1cncc(-c2ccc(C(=O)O)cc2)c1. The average Bonchev–Trinajstić information content (AvgIpc) is 2.45. The van der Waals surface area contributed by atoms with Gasteiger partial charge in [-0.1, -0.05) is 19.1 Å². The Hall–Kier alpha value is -2.36. The van der Waals surface area contributed by atoms with Crippen LogP contribution < -0.4 is 4.74 Å². The third-order valence-corrected chi connectivity index (χ3v) is 2.65. The van der Waals surface area contributed by atoms with Crippen molar-refractivity contribution in [2.45, 2.75) is 13.3 Å². The summed E-state index contributed by atoms with van der Waals surface area (Å²) in [7, 11) is 0. The molecule has 0 atom stereocenters. The highest BCUT2D eigenvalue weighted by atomic mass is 16.5. The minimum Gasteiger partial charge on any atom is -0.492 e. The molecule has 0 amide bonds. The van der Waals surface area contributed by atoms with Crippen LogP contribution in [0, 0.1) is 0 Å². The van der Waals surface area contributed by atoms with E-state index >= 15 is 0 Å². The predicted molar refractivity (Wildman–Crippen MR) is 72.4 cm³/mol. The summed E-state index contributed by atoms with van der Waals surface area (Å²) in [5.74, 6) is -0.202. The second-order valence-corrected chi connectivity index (χ2v) is 4.14. The van der Waals surface area contributed by atoms with Crippen molar-refractivity contribution < 1.29 is 14.6 Å². The van der Waals surface area contributed by atoms with Crippen LogP contribution in [0.3, 0.4) is 0 Å². The topological polar surface area (TPSA) is 59.4 Å². The number of carboxylic acid groups (broad SMARTS) is 1. The molecule has 1 aromatic heterocycles.